The summed E-state index contributed by atoms with van der Waals surface area (Å²) < 4.78 is 90.7. The van der Waals surface area contributed by atoms with Crippen molar-refractivity contribution >= 4 is 22.6 Å². The van der Waals surface area contributed by atoms with E-state index in [-0.39, 0.29) is 95.3 Å². The average molecular weight is 1060 g/mol. The molecule has 11 fully saturated rings. The van der Waals surface area contributed by atoms with E-state index < -0.39 is 70.9 Å². The van der Waals surface area contributed by atoms with Gasteiger partial charge in [0, 0.05) is 31.8 Å². The average Bonchev–Trinajstić information content (AvgIpc) is 3.86. The van der Waals surface area contributed by atoms with Crippen LogP contribution in [0.4, 0.5) is 0 Å². The van der Waals surface area contributed by atoms with E-state index in [0.717, 1.165) is 36.8 Å². The standard InChI is InChI=1S/C57H92O14Si2/c1-16-24-59-57-31-56-23-21-38-27-33(3)39(61-38)19-17-36-26-32(2)34(4)42(62-36)29-44-48(67-46(58)28-37-18-20-41-49(63-37)50(68-56)51(69-57)52(66-41)53(57)70-56)35(5)47-45(64-44)30-43(71-73(14,15)55(9,10)11)40(65-47)22-25-60-72(12,13)54(6,7)8/h16,32,35-45,47-53H,1,3-4,17-31H2,2,5-15H3/t32-,35+,36+,37-,38?,39+,40?,41+,42?,43?,44+,45+,47+,48-,49+,50+,51+,52-,53-,56-,57-/m1/s1. The largest absolute Gasteiger partial charge is 0.459 e. The molecule has 0 amide bonds. The first kappa shape index (κ1) is 55.0. The molecule has 0 N–H and O–H groups in total. The minimum absolute atomic E-state index is 0.000257. The molecule has 0 saturated carbocycles. The van der Waals surface area contributed by atoms with Gasteiger partial charge in [0.1, 0.15) is 36.6 Å². The van der Waals surface area contributed by atoms with Crippen LogP contribution in [-0.2, 0) is 65.8 Å². The summed E-state index contributed by atoms with van der Waals surface area (Å²) in [6.07, 6.45) is 4.42. The Hall–Kier alpha value is -1.36. The van der Waals surface area contributed by atoms with Gasteiger partial charge in [-0.25, -0.2) is 0 Å². The fraction of sp³-hybridized carbons (Fsp3) is 0.877. The second-order valence-electron chi connectivity index (χ2n) is 27.0. The molecule has 11 heterocycles. The lowest BCUT2D eigenvalue weighted by Gasteiger charge is -2.53. The van der Waals surface area contributed by atoms with Crippen molar-refractivity contribution in [3.05, 3.63) is 37.0 Å². The number of carbonyl (C=O) groups excluding carboxylic acids is 1. The monoisotopic (exact) mass is 1060 g/mol. The van der Waals surface area contributed by atoms with Gasteiger partial charge in [0.25, 0.3) is 0 Å². The van der Waals surface area contributed by atoms with Gasteiger partial charge in [-0.2, -0.15) is 0 Å². The SMILES string of the molecule is C=CCO[C@]12C[C@]34CCC5CC(=C)[C@H](CC[C@H]6C[C@@H](C)C(=C)C(C[C@@H]7O[C@H]8CC(O[Si](C)(C)C(C)(C)C)C(CCO[Si](C)(C)C(C)(C)C)O[C@H]8[C@H](C)[C@H]7OC(=O)C[C@H]7CC[C@@H]8O[C@H]([C@@H](O1)[C@@H](O3)[C@H]8O7)[C@H]2O4)O6)O5. The van der Waals surface area contributed by atoms with Gasteiger partial charge in [0.15, 0.2) is 22.4 Å². The van der Waals surface area contributed by atoms with Gasteiger partial charge < -0.3 is 61.0 Å². The molecular formula is C57H92O14Si2. The predicted molar refractivity (Wildman–Crippen MR) is 280 cm³/mol. The highest BCUT2D eigenvalue weighted by Crippen LogP contribution is 2.59. The quantitative estimate of drug-likeness (QED) is 0.123. The van der Waals surface area contributed by atoms with Gasteiger partial charge in [-0.15, -0.1) is 6.58 Å². The second-order valence-corrected chi connectivity index (χ2v) is 36.5. The highest BCUT2D eigenvalue weighted by atomic mass is 28.4. The summed E-state index contributed by atoms with van der Waals surface area (Å²) >= 11 is 0. The molecule has 21 atom stereocenters. The van der Waals surface area contributed by atoms with Crippen molar-refractivity contribution in [2.45, 2.75) is 290 Å². The Kier molecular flexibility index (Phi) is 15.4. The van der Waals surface area contributed by atoms with E-state index in [4.69, 9.17) is 61.0 Å². The first-order valence-electron chi connectivity index (χ1n) is 28.4. The van der Waals surface area contributed by atoms with Crippen molar-refractivity contribution in [3.63, 3.8) is 0 Å². The van der Waals surface area contributed by atoms with Crippen molar-refractivity contribution in [1.29, 1.82) is 0 Å². The van der Waals surface area contributed by atoms with Crippen molar-refractivity contribution in [1.82, 2.24) is 0 Å². The molecule has 4 unspecified atom stereocenters. The van der Waals surface area contributed by atoms with E-state index in [0.29, 0.717) is 64.6 Å². The Balaban J connectivity index is 0.935. The molecule has 73 heavy (non-hydrogen) atoms. The number of esters is 1. The first-order chi connectivity index (χ1) is 34.3. The van der Waals surface area contributed by atoms with E-state index >= 15 is 0 Å². The zero-order chi connectivity index (χ0) is 52.2. The molecular weight excluding hydrogens is 965 g/mol. The normalized spacial score (nSPS) is 46.3. The topological polar surface area (TPSA) is 137 Å². The zero-order valence-electron chi connectivity index (χ0n) is 46.5. The van der Waals surface area contributed by atoms with Gasteiger partial charge in [-0.1, -0.05) is 74.6 Å². The molecule has 11 saturated heterocycles. The van der Waals surface area contributed by atoms with Crippen molar-refractivity contribution < 1.29 is 65.8 Å². The summed E-state index contributed by atoms with van der Waals surface area (Å²) in [6.45, 7) is 41.3. The Morgan fingerprint density at radius 2 is 1.38 bits per heavy atom. The molecule has 1 spiro atoms. The molecule has 0 aromatic heterocycles. The summed E-state index contributed by atoms with van der Waals surface area (Å²) in [6, 6.07) is 0. The van der Waals surface area contributed by atoms with Crippen LogP contribution in [-0.4, -0.2) is 151 Å². The van der Waals surface area contributed by atoms with Crippen molar-refractivity contribution in [3.8, 4) is 0 Å². The van der Waals surface area contributed by atoms with Gasteiger partial charge in [-0.3, -0.25) is 4.79 Å². The van der Waals surface area contributed by atoms with E-state index in [2.05, 4.69) is 101 Å². The van der Waals surface area contributed by atoms with Gasteiger partial charge in [0.05, 0.1) is 86.6 Å². The Bertz CT molecular complexity index is 2050. The van der Waals surface area contributed by atoms with Crippen LogP contribution >= 0.6 is 0 Å². The maximum atomic E-state index is 14.7. The maximum absolute atomic E-state index is 14.7. The molecule has 0 radical (unpaired) electrons. The van der Waals surface area contributed by atoms with E-state index in [9.17, 15) is 4.79 Å². The summed E-state index contributed by atoms with van der Waals surface area (Å²) in [5.74, 6) is -2.35. The molecule has 12 bridgehead atoms. The second kappa shape index (κ2) is 20.4. The predicted octanol–water partition coefficient (Wildman–Crippen LogP) is 10.2. The minimum Gasteiger partial charge on any atom is -0.459 e. The third kappa shape index (κ3) is 10.7. The van der Waals surface area contributed by atoms with E-state index in [1.54, 1.807) is 6.08 Å². The van der Waals surface area contributed by atoms with Gasteiger partial charge >= 0.3 is 5.97 Å². The number of hydrogen-bond donors (Lipinski definition) is 0. The van der Waals surface area contributed by atoms with Crippen LogP contribution in [0.25, 0.3) is 0 Å². The van der Waals surface area contributed by atoms with E-state index in [1.165, 1.54) is 0 Å². The lowest BCUT2D eigenvalue weighted by Crippen LogP contribution is -2.63. The highest BCUT2D eigenvalue weighted by molar-refractivity contribution is 6.74. The molecule has 0 aromatic rings. The smallest absolute Gasteiger partial charge is 0.308 e. The summed E-state index contributed by atoms with van der Waals surface area (Å²) in [7, 11) is -4.26. The lowest BCUT2D eigenvalue weighted by atomic mass is 9.79. The third-order valence-electron chi connectivity index (χ3n) is 19.8. The molecule has 0 aromatic carbocycles. The number of hydrogen-bond acceptors (Lipinski definition) is 14. The number of ether oxygens (including phenoxy) is 11. The number of rotatable bonds is 9. The molecule has 412 valence electrons. The van der Waals surface area contributed by atoms with Crippen LogP contribution in [0.2, 0.25) is 36.3 Å². The maximum Gasteiger partial charge on any atom is 0.308 e. The fourth-order valence-electron chi connectivity index (χ4n) is 13.5. The molecule has 11 rings (SSSR count). The number of fused-ring (bicyclic) bond motifs is 7. The van der Waals surface area contributed by atoms with Crippen LogP contribution in [0, 0.1) is 11.8 Å². The Morgan fingerprint density at radius 3 is 2.12 bits per heavy atom. The molecule has 0 aliphatic carbocycles. The Labute approximate surface area is 439 Å². The fourth-order valence-corrected chi connectivity index (χ4v) is 15.9. The van der Waals surface area contributed by atoms with Crippen molar-refractivity contribution in [2.75, 3.05) is 13.2 Å². The molecule has 16 heteroatoms. The minimum atomic E-state index is -2.24. The van der Waals surface area contributed by atoms with Crippen LogP contribution in [0.1, 0.15) is 139 Å². The van der Waals surface area contributed by atoms with Crippen LogP contribution < -0.4 is 0 Å². The van der Waals surface area contributed by atoms with Crippen LogP contribution in [0.15, 0.2) is 37.0 Å². The zero-order valence-corrected chi connectivity index (χ0v) is 48.5. The molecule has 14 nitrogen and oxygen atoms in total. The Morgan fingerprint density at radius 1 is 0.685 bits per heavy atom. The van der Waals surface area contributed by atoms with Crippen LogP contribution in [0.3, 0.4) is 0 Å². The molecule has 11 aliphatic heterocycles. The highest BCUT2D eigenvalue weighted by Gasteiger charge is 2.75. The first-order valence-corrected chi connectivity index (χ1v) is 34.2. The van der Waals surface area contributed by atoms with Crippen LogP contribution in [0.5, 0.6) is 0 Å². The summed E-state index contributed by atoms with van der Waals surface area (Å²) in [5, 5.41) is 0.0820. The molecule has 11 aliphatic rings. The van der Waals surface area contributed by atoms with Crippen molar-refractivity contribution in [2.24, 2.45) is 11.8 Å². The summed E-state index contributed by atoms with van der Waals surface area (Å²) in [4.78, 5) is 14.7. The van der Waals surface area contributed by atoms with Gasteiger partial charge in [-0.05, 0) is 105 Å². The third-order valence-corrected chi connectivity index (χ3v) is 28.8. The lowest BCUT2D eigenvalue weighted by molar-refractivity contribution is -0.305. The van der Waals surface area contributed by atoms with Gasteiger partial charge in [0.2, 0.25) is 5.79 Å². The number of carbonyl (C=O) groups is 1. The van der Waals surface area contributed by atoms with E-state index in [1.807, 2.05) is 0 Å². The summed E-state index contributed by atoms with van der Waals surface area (Å²) in [5.41, 5.74) is 2.17.